The molecule has 0 bridgehead atoms. The van der Waals surface area contributed by atoms with E-state index in [0.717, 1.165) is 31.2 Å². The van der Waals surface area contributed by atoms with Crippen LogP contribution in [0.25, 0.3) is 0 Å². The summed E-state index contributed by atoms with van der Waals surface area (Å²) in [5.41, 5.74) is 1.00. The number of methoxy groups -OCH3 is 1. The lowest BCUT2D eigenvalue weighted by Crippen LogP contribution is -2.09. The van der Waals surface area contributed by atoms with Gasteiger partial charge in [0.15, 0.2) is 0 Å². The van der Waals surface area contributed by atoms with Gasteiger partial charge in [-0.15, -0.1) is 0 Å². The molecule has 0 saturated heterocycles. The lowest BCUT2D eigenvalue weighted by Gasteiger charge is -2.09. The molecule has 2 aromatic rings. The van der Waals surface area contributed by atoms with Gasteiger partial charge in [0, 0.05) is 38.9 Å². The molecule has 1 N–H and O–H groups in total. The Morgan fingerprint density at radius 3 is 3.00 bits per heavy atom. The molecule has 0 spiro atoms. The van der Waals surface area contributed by atoms with Gasteiger partial charge in [0.25, 0.3) is 0 Å². The number of nitrogens with zero attached hydrogens (tertiary/aromatic N) is 3. The van der Waals surface area contributed by atoms with Crippen molar-refractivity contribution >= 4 is 5.95 Å². The molecule has 18 heavy (non-hydrogen) atoms. The average molecular weight is 246 g/mol. The van der Waals surface area contributed by atoms with E-state index in [1.54, 1.807) is 19.5 Å². The van der Waals surface area contributed by atoms with Crippen LogP contribution in [0.3, 0.4) is 0 Å². The van der Waals surface area contributed by atoms with Gasteiger partial charge in [-0.1, -0.05) is 6.07 Å². The van der Waals surface area contributed by atoms with E-state index in [-0.39, 0.29) is 0 Å². The summed E-state index contributed by atoms with van der Waals surface area (Å²) >= 11 is 0. The van der Waals surface area contributed by atoms with Gasteiger partial charge in [0.1, 0.15) is 0 Å². The third-order valence-electron chi connectivity index (χ3n) is 2.62. The summed E-state index contributed by atoms with van der Waals surface area (Å²) in [7, 11) is 1.72. The molecule has 2 rings (SSSR count). The number of rotatable bonds is 7. The van der Waals surface area contributed by atoms with E-state index >= 15 is 0 Å². The summed E-state index contributed by atoms with van der Waals surface area (Å²) in [5.74, 6) is 0.872. The molecule has 0 aliphatic heterocycles. The first-order chi connectivity index (χ1) is 8.90. The van der Waals surface area contributed by atoms with Gasteiger partial charge in [-0.05, 0) is 18.6 Å². The minimum Gasteiger partial charge on any atom is -0.385 e. The smallest absolute Gasteiger partial charge is 0.203 e. The van der Waals surface area contributed by atoms with Crippen molar-refractivity contribution in [3.63, 3.8) is 0 Å². The minimum atomic E-state index is 0.683. The van der Waals surface area contributed by atoms with Crippen LogP contribution in [0.15, 0.2) is 36.8 Å². The van der Waals surface area contributed by atoms with Crippen LogP contribution in [0.5, 0.6) is 0 Å². The quantitative estimate of drug-likeness (QED) is 0.758. The summed E-state index contributed by atoms with van der Waals surface area (Å²) in [6.45, 7) is 2.35. The van der Waals surface area contributed by atoms with Crippen molar-refractivity contribution in [1.29, 1.82) is 0 Å². The first-order valence-electron chi connectivity index (χ1n) is 6.04. The van der Waals surface area contributed by atoms with Crippen LogP contribution in [0.2, 0.25) is 0 Å². The molecule has 5 nitrogen and oxygen atoms in total. The standard InChI is InChI=1S/C13H18N4O/c1-18-10-4-8-17-9-7-15-13(17)16-11-12-5-2-3-6-14-12/h2-3,5-7,9H,4,8,10-11H2,1H3,(H,15,16). The molecule has 0 atom stereocenters. The van der Waals surface area contributed by atoms with Crippen LogP contribution in [0.4, 0.5) is 5.95 Å². The Hall–Kier alpha value is -1.88. The lowest BCUT2D eigenvalue weighted by atomic mass is 10.3. The van der Waals surface area contributed by atoms with Crippen molar-refractivity contribution in [3.8, 4) is 0 Å². The first-order valence-corrected chi connectivity index (χ1v) is 6.04. The van der Waals surface area contributed by atoms with Gasteiger partial charge >= 0.3 is 0 Å². The molecule has 96 valence electrons. The highest BCUT2D eigenvalue weighted by molar-refractivity contribution is 5.27. The Morgan fingerprint density at radius 1 is 1.28 bits per heavy atom. The molecule has 0 aliphatic carbocycles. The Bertz CT molecular complexity index is 455. The van der Waals surface area contributed by atoms with Gasteiger partial charge in [0.2, 0.25) is 5.95 Å². The second-order valence-corrected chi connectivity index (χ2v) is 3.97. The summed E-state index contributed by atoms with van der Waals surface area (Å²) < 4.78 is 7.13. The van der Waals surface area contributed by atoms with Crippen LogP contribution in [-0.4, -0.2) is 28.3 Å². The van der Waals surface area contributed by atoms with Crippen molar-refractivity contribution in [1.82, 2.24) is 14.5 Å². The number of aryl methyl sites for hydroxylation is 1. The zero-order valence-electron chi connectivity index (χ0n) is 10.5. The number of aromatic nitrogens is 3. The molecule has 0 unspecified atom stereocenters. The van der Waals surface area contributed by atoms with Gasteiger partial charge in [-0.3, -0.25) is 4.98 Å². The Labute approximate surface area is 107 Å². The first kappa shape index (κ1) is 12.6. The Kier molecular flexibility index (Phi) is 4.72. The number of nitrogens with one attached hydrogen (secondary N) is 1. The highest BCUT2D eigenvalue weighted by atomic mass is 16.5. The highest BCUT2D eigenvalue weighted by Crippen LogP contribution is 2.07. The molecule has 0 aliphatic rings. The molecule has 2 heterocycles. The number of hydrogen-bond acceptors (Lipinski definition) is 4. The molecule has 5 heteroatoms. The summed E-state index contributed by atoms with van der Waals surface area (Å²) in [6.07, 6.45) is 6.54. The zero-order chi connectivity index (χ0) is 12.6. The van der Waals surface area contributed by atoms with Gasteiger partial charge in [-0.25, -0.2) is 4.98 Å². The van der Waals surface area contributed by atoms with Crippen LogP contribution in [-0.2, 0) is 17.8 Å². The fourth-order valence-corrected chi connectivity index (χ4v) is 1.71. The third kappa shape index (κ3) is 3.56. The normalized spacial score (nSPS) is 10.5. The summed E-state index contributed by atoms with van der Waals surface area (Å²) in [5, 5.41) is 3.28. The van der Waals surface area contributed by atoms with Gasteiger partial charge in [-0.2, -0.15) is 0 Å². The number of ether oxygens (including phenoxy) is 1. The highest BCUT2D eigenvalue weighted by Gasteiger charge is 2.02. The molecule has 0 amide bonds. The minimum absolute atomic E-state index is 0.683. The summed E-state index contributed by atoms with van der Waals surface area (Å²) in [4.78, 5) is 8.56. The van der Waals surface area contributed by atoms with E-state index in [1.165, 1.54) is 0 Å². The molecular weight excluding hydrogens is 228 g/mol. The maximum atomic E-state index is 5.05. The monoisotopic (exact) mass is 246 g/mol. The molecule has 0 fully saturated rings. The van der Waals surface area contributed by atoms with E-state index in [9.17, 15) is 0 Å². The predicted octanol–water partition coefficient (Wildman–Crippen LogP) is 1.93. The van der Waals surface area contributed by atoms with Crippen LogP contribution < -0.4 is 5.32 Å². The van der Waals surface area contributed by atoms with Gasteiger partial charge in [0.05, 0.1) is 12.2 Å². The van der Waals surface area contributed by atoms with Gasteiger partial charge < -0.3 is 14.6 Å². The molecule has 0 aromatic carbocycles. The van der Waals surface area contributed by atoms with E-state index in [0.29, 0.717) is 6.54 Å². The average Bonchev–Trinajstić information content (AvgIpc) is 2.86. The summed E-state index contributed by atoms with van der Waals surface area (Å²) in [6, 6.07) is 5.88. The Morgan fingerprint density at radius 2 is 2.22 bits per heavy atom. The molecular formula is C13H18N4O. The van der Waals surface area contributed by atoms with Crippen molar-refractivity contribution in [2.75, 3.05) is 19.0 Å². The van der Waals surface area contributed by atoms with Crippen LogP contribution in [0.1, 0.15) is 12.1 Å². The van der Waals surface area contributed by atoms with Crippen LogP contribution >= 0.6 is 0 Å². The van der Waals surface area contributed by atoms with E-state index in [4.69, 9.17) is 4.74 Å². The maximum absolute atomic E-state index is 5.05. The fourth-order valence-electron chi connectivity index (χ4n) is 1.71. The molecule has 0 radical (unpaired) electrons. The second-order valence-electron chi connectivity index (χ2n) is 3.97. The van der Waals surface area contributed by atoms with Crippen molar-refractivity contribution in [2.45, 2.75) is 19.5 Å². The molecule has 0 saturated carbocycles. The maximum Gasteiger partial charge on any atom is 0.203 e. The SMILES string of the molecule is COCCCn1ccnc1NCc1ccccn1. The fraction of sp³-hybridized carbons (Fsp3) is 0.385. The predicted molar refractivity (Wildman–Crippen MR) is 70.3 cm³/mol. The van der Waals surface area contributed by atoms with E-state index in [1.807, 2.05) is 24.4 Å². The number of imidazole rings is 1. The zero-order valence-corrected chi connectivity index (χ0v) is 10.5. The second kappa shape index (κ2) is 6.76. The molecule has 2 aromatic heterocycles. The van der Waals surface area contributed by atoms with E-state index < -0.39 is 0 Å². The number of hydrogen-bond donors (Lipinski definition) is 1. The largest absolute Gasteiger partial charge is 0.385 e. The van der Waals surface area contributed by atoms with Crippen LogP contribution in [0, 0.1) is 0 Å². The number of pyridine rings is 1. The van der Waals surface area contributed by atoms with Crippen molar-refractivity contribution in [2.24, 2.45) is 0 Å². The van der Waals surface area contributed by atoms with E-state index in [2.05, 4.69) is 19.9 Å². The van der Waals surface area contributed by atoms with Crippen molar-refractivity contribution in [3.05, 3.63) is 42.5 Å². The van der Waals surface area contributed by atoms with Crippen molar-refractivity contribution < 1.29 is 4.74 Å². The third-order valence-corrected chi connectivity index (χ3v) is 2.62. The lowest BCUT2D eigenvalue weighted by molar-refractivity contribution is 0.190. The topological polar surface area (TPSA) is 52.0 Å². The number of anilines is 1. The Balaban J connectivity index is 1.87.